The molecule has 1 aromatic rings. The smallest absolute Gasteiger partial charge is 0.317 e. The summed E-state index contributed by atoms with van der Waals surface area (Å²) in [4.78, 5) is 13.2. The number of halogens is 2. The highest BCUT2D eigenvalue weighted by Gasteiger charge is 2.21. The largest absolute Gasteiger partial charge is 0.376 e. The Bertz CT molecular complexity index is 437. The molecule has 1 saturated heterocycles. The van der Waals surface area contributed by atoms with E-state index in [9.17, 15) is 13.6 Å². The number of hydrogen-bond acceptors (Lipinski definition) is 2. The van der Waals surface area contributed by atoms with E-state index in [-0.39, 0.29) is 12.6 Å². The molecule has 0 unspecified atom stereocenters. The fourth-order valence-electron chi connectivity index (χ4n) is 2.31. The topological polar surface area (TPSA) is 41.6 Å². The van der Waals surface area contributed by atoms with Crippen molar-refractivity contribution in [2.75, 3.05) is 19.7 Å². The van der Waals surface area contributed by atoms with Crippen LogP contribution >= 0.6 is 0 Å². The summed E-state index contributed by atoms with van der Waals surface area (Å²) in [6.07, 6.45) is -0.680. The van der Waals surface area contributed by atoms with Gasteiger partial charge in [0.15, 0.2) is 0 Å². The number of amides is 2. The van der Waals surface area contributed by atoms with Gasteiger partial charge in [0.05, 0.1) is 12.6 Å². The van der Waals surface area contributed by atoms with Crippen molar-refractivity contribution in [2.45, 2.75) is 31.9 Å². The summed E-state index contributed by atoms with van der Waals surface area (Å²) in [7, 11) is 0. The van der Waals surface area contributed by atoms with E-state index in [1.165, 1.54) is 0 Å². The summed E-state index contributed by atoms with van der Waals surface area (Å²) in [5.41, 5.74) is 0.824. The van der Waals surface area contributed by atoms with Gasteiger partial charge in [0.25, 0.3) is 6.43 Å². The molecule has 1 heterocycles. The van der Waals surface area contributed by atoms with Gasteiger partial charge < -0.3 is 15.0 Å². The van der Waals surface area contributed by atoms with Crippen molar-refractivity contribution < 1.29 is 18.3 Å². The quantitative estimate of drug-likeness (QED) is 0.877. The summed E-state index contributed by atoms with van der Waals surface area (Å²) >= 11 is 0. The van der Waals surface area contributed by atoms with Crippen molar-refractivity contribution in [3.63, 3.8) is 0 Å². The second-order valence-corrected chi connectivity index (χ2v) is 5.08. The zero-order valence-electron chi connectivity index (χ0n) is 11.8. The number of alkyl halides is 2. The van der Waals surface area contributed by atoms with E-state index in [1.807, 2.05) is 30.3 Å². The molecular weight excluding hydrogens is 278 g/mol. The first-order valence-electron chi connectivity index (χ1n) is 7.11. The van der Waals surface area contributed by atoms with Crippen molar-refractivity contribution in [1.29, 1.82) is 0 Å². The molecule has 0 radical (unpaired) electrons. The van der Waals surface area contributed by atoms with Crippen LogP contribution in [0.25, 0.3) is 0 Å². The predicted molar refractivity (Wildman–Crippen MR) is 75.2 cm³/mol. The standard InChI is InChI=1S/C15H20F2N2O2/c16-14(17)11-19(10-12-5-2-1-3-6-12)15(20)18-9-13-7-4-8-21-13/h1-3,5-6,13-14H,4,7-11H2,(H,18,20)/t13-/m1/s1. The van der Waals surface area contributed by atoms with Crippen LogP contribution < -0.4 is 5.32 Å². The number of benzene rings is 1. The van der Waals surface area contributed by atoms with E-state index >= 15 is 0 Å². The lowest BCUT2D eigenvalue weighted by Crippen LogP contribution is -2.44. The van der Waals surface area contributed by atoms with Gasteiger partial charge in [-0.2, -0.15) is 0 Å². The molecule has 21 heavy (non-hydrogen) atoms. The Hall–Kier alpha value is -1.69. The third kappa shape index (κ3) is 5.30. The molecule has 2 amide bonds. The number of hydrogen-bond donors (Lipinski definition) is 1. The third-order valence-corrected chi connectivity index (χ3v) is 3.37. The molecule has 0 aromatic heterocycles. The Kier molecular flexibility index (Phi) is 5.92. The zero-order chi connectivity index (χ0) is 15.1. The van der Waals surface area contributed by atoms with E-state index in [0.717, 1.165) is 23.3 Å². The van der Waals surface area contributed by atoms with Crippen LogP contribution in [0.1, 0.15) is 18.4 Å². The summed E-state index contributed by atoms with van der Waals surface area (Å²) in [6, 6.07) is 8.63. The molecule has 0 aliphatic carbocycles. The Labute approximate surface area is 123 Å². The van der Waals surface area contributed by atoms with Gasteiger partial charge in [-0.3, -0.25) is 0 Å². The molecule has 6 heteroatoms. The van der Waals surface area contributed by atoms with Crippen LogP contribution in [-0.4, -0.2) is 43.2 Å². The minimum atomic E-state index is -2.55. The van der Waals surface area contributed by atoms with Gasteiger partial charge in [0, 0.05) is 19.7 Å². The molecule has 1 atom stereocenters. The molecule has 0 saturated carbocycles. The van der Waals surface area contributed by atoms with Crippen molar-refractivity contribution in [3.05, 3.63) is 35.9 Å². The van der Waals surface area contributed by atoms with Crippen LogP contribution in [0.15, 0.2) is 30.3 Å². The van der Waals surface area contributed by atoms with E-state index in [4.69, 9.17) is 4.74 Å². The van der Waals surface area contributed by atoms with Gasteiger partial charge in [0.2, 0.25) is 0 Å². The number of nitrogens with zero attached hydrogens (tertiary/aromatic N) is 1. The van der Waals surface area contributed by atoms with E-state index in [2.05, 4.69) is 5.32 Å². The van der Waals surface area contributed by atoms with Crippen molar-refractivity contribution >= 4 is 6.03 Å². The molecular formula is C15H20F2N2O2. The molecule has 1 aliphatic heterocycles. The molecule has 116 valence electrons. The van der Waals surface area contributed by atoms with Crippen LogP contribution in [0.2, 0.25) is 0 Å². The first-order chi connectivity index (χ1) is 10.1. The lowest BCUT2D eigenvalue weighted by atomic mass is 10.2. The van der Waals surface area contributed by atoms with Crippen LogP contribution in [0.3, 0.4) is 0 Å². The lowest BCUT2D eigenvalue weighted by molar-refractivity contribution is 0.0890. The Morgan fingerprint density at radius 3 is 2.76 bits per heavy atom. The molecule has 0 spiro atoms. The van der Waals surface area contributed by atoms with E-state index in [0.29, 0.717) is 13.2 Å². The molecule has 0 bridgehead atoms. The minimum absolute atomic E-state index is 0.000856. The molecule has 1 N–H and O–H groups in total. The van der Waals surface area contributed by atoms with Gasteiger partial charge in [0.1, 0.15) is 0 Å². The number of carbonyl (C=O) groups excluding carboxylic acids is 1. The van der Waals surface area contributed by atoms with Crippen LogP contribution in [0.5, 0.6) is 0 Å². The number of rotatable bonds is 6. The van der Waals surface area contributed by atoms with Gasteiger partial charge in [-0.05, 0) is 18.4 Å². The number of ether oxygens (including phenoxy) is 1. The van der Waals surface area contributed by atoms with Crippen molar-refractivity contribution in [1.82, 2.24) is 10.2 Å². The molecule has 1 aliphatic rings. The first-order valence-corrected chi connectivity index (χ1v) is 7.11. The highest BCUT2D eigenvalue weighted by molar-refractivity contribution is 5.74. The van der Waals surface area contributed by atoms with Gasteiger partial charge >= 0.3 is 6.03 Å². The van der Waals surface area contributed by atoms with Gasteiger partial charge in [-0.1, -0.05) is 30.3 Å². The Balaban J connectivity index is 1.89. The van der Waals surface area contributed by atoms with Gasteiger partial charge in [-0.25, -0.2) is 13.6 Å². The second-order valence-electron chi connectivity index (χ2n) is 5.08. The predicted octanol–water partition coefficient (Wildman–Crippen LogP) is 2.64. The minimum Gasteiger partial charge on any atom is -0.376 e. The van der Waals surface area contributed by atoms with Crippen LogP contribution in [0, 0.1) is 0 Å². The number of carbonyl (C=O) groups is 1. The zero-order valence-corrected chi connectivity index (χ0v) is 11.8. The summed E-state index contributed by atoms with van der Waals surface area (Å²) in [6.45, 7) is 0.660. The Morgan fingerprint density at radius 2 is 2.14 bits per heavy atom. The monoisotopic (exact) mass is 298 g/mol. The number of nitrogens with one attached hydrogen (secondary N) is 1. The van der Waals surface area contributed by atoms with Crippen molar-refractivity contribution in [2.24, 2.45) is 0 Å². The maximum atomic E-state index is 12.6. The Morgan fingerprint density at radius 1 is 1.38 bits per heavy atom. The molecule has 1 aromatic carbocycles. The normalized spacial score (nSPS) is 18.0. The number of urea groups is 1. The van der Waals surface area contributed by atoms with E-state index < -0.39 is 19.0 Å². The maximum Gasteiger partial charge on any atom is 0.317 e. The first kappa shape index (κ1) is 15.7. The fraction of sp³-hybridized carbons (Fsp3) is 0.533. The van der Waals surface area contributed by atoms with Crippen LogP contribution in [-0.2, 0) is 11.3 Å². The molecule has 1 fully saturated rings. The SMILES string of the molecule is O=C(NC[C@H]1CCCO1)N(Cc1ccccc1)CC(F)F. The lowest BCUT2D eigenvalue weighted by Gasteiger charge is -2.23. The summed E-state index contributed by atoms with van der Waals surface area (Å²) < 4.78 is 30.7. The van der Waals surface area contributed by atoms with Crippen molar-refractivity contribution in [3.8, 4) is 0 Å². The average molecular weight is 298 g/mol. The highest BCUT2D eigenvalue weighted by Crippen LogP contribution is 2.11. The molecule has 2 rings (SSSR count). The second kappa shape index (κ2) is 7.93. The third-order valence-electron chi connectivity index (χ3n) is 3.37. The van der Waals surface area contributed by atoms with Crippen LogP contribution in [0.4, 0.5) is 13.6 Å². The van der Waals surface area contributed by atoms with Gasteiger partial charge in [-0.15, -0.1) is 0 Å². The average Bonchev–Trinajstić information content (AvgIpc) is 2.98. The maximum absolute atomic E-state index is 12.6. The summed E-state index contributed by atoms with van der Waals surface area (Å²) in [5, 5.41) is 2.68. The van der Waals surface area contributed by atoms with E-state index in [1.54, 1.807) is 0 Å². The molecule has 4 nitrogen and oxygen atoms in total. The summed E-state index contributed by atoms with van der Waals surface area (Å²) in [5.74, 6) is 0. The highest BCUT2D eigenvalue weighted by atomic mass is 19.3. The fourth-order valence-corrected chi connectivity index (χ4v) is 2.31.